The molecule has 0 aromatic carbocycles. The standard InChI is InChI=1S/C30H39N7O9S2/c1-29(2,3)45-27(44)30(4,5)46-35-20(17-14-48-28(31)33-17)23(40)34-21-24(41)36-22(26(42)43)15(13-47-25(21)36)12-37(6,7)9-8-16-10-18(38)19(39)11-32-16/h10-11,14,21,25H,8-9,12-13H2,1-7H3,(H5-,31,32,33,34,35,38,39,40,42,43)/t21-,25+/m1/s1. The van der Waals surface area contributed by atoms with Gasteiger partial charge in [0.1, 0.15) is 29.3 Å². The quantitative estimate of drug-likeness (QED) is 0.0733. The zero-order valence-electron chi connectivity index (χ0n) is 27.6. The normalized spacial score (nSPS) is 18.6. The van der Waals surface area contributed by atoms with Gasteiger partial charge in [0.15, 0.2) is 16.6 Å². The fourth-order valence-electron chi connectivity index (χ4n) is 4.87. The number of fused-ring (bicyclic) bond motifs is 1. The molecule has 4 heterocycles. The number of thiazole rings is 1. The average Bonchev–Trinajstić information content (AvgIpc) is 3.40. The fraction of sp³-hybridized carbons (Fsp3) is 0.500. The van der Waals surface area contributed by atoms with Gasteiger partial charge < -0.3 is 45.1 Å². The minimum atomic E-state index is -1.60. The monoisotopic (exact) mass is 705 g/mol. The van der Waals surface area contributed by atoms with E-state index in [0.29, 0.717) is 28.7 Å². The van der Waals surface area contributed by atoms with Crippen molar-refractivity contribution in [2.24, 2.45) is 5.16 Å². The zero-order chi connectivity index (χ0) is 35.8. The average molecular weight is 706 g/mol. The number of pyridine rings is 1. The molecule has 0 saturated carbocycles. The van der Waals surface area contributed by atoms with Crippen molar-refractivity contribution < 1.29 is 43.4 Å². The number of nitrogens with one attached hydrogen (secondary N) is 2. The summed E-state index contributed by atoms with van der Waals surface area (Å²) in [7, 11) is 3.77. The molecule has 0 aliphatic carbocycles. The summed E-state index contributed by atoms with van der Waals surface area (Å²) in [4.78, 5) is 77.3. The number of esters is 1. The lowest BCUT2D eigenvalue weighted by Crippen LogP contribution is -2.71. The van der Waals surface area contributed by atoms with Gasteiger partial charge in [-0.05, 0) is 34.6 Å². The number of aliphatic carboxylic acids is 1. The van der Waals surface area contributed by atoms with Gasteiger partial charge in [-0.25, -0.2) is 9.78 Å². The molecule has 2 amide bonds. The Morgan fingerprint density at radius 2 is 1.94 bits per heavy atom. The molecule has 48 heavy (non-hydrogen) atoms. The van der Waals surface area contributed by atoms with E-state index in [4.69, 9.17) is 15.3 Å². The second kappa shape index (κ2) is 13.6. The molecular weight excluding hydrogens is 667 g/mol. The fourth-order valence-corrected chi connectivity index (χ4v) is 6.75. The first kappa shape index (κ1) is 36.4. The number of amides is 2. The second-order valence-corrected chi connectivity index (χ2v) is 15.5. The zero-order valence-corrected chi connectivity index (χ0v) is 29.2. The van der Waals surface area contributed by atoms with Crippen LogP contribution in [0.1, 0.15) is 46.0 Å². The highest BCUT2D eigenvalue weighted by atomic mass is 32.2. The topological polar surface area (TPSA) is 229 Å². The Morgan fingerprint density at radius 3 is 2.52 bits per heavy atom. The van der Waals surface area contributed by atoms with E-state index < -0.39 is 51.8 Å². The Morgan fingerprint density at radius 1 is 1.25 bits per heavy atom. The molecule has 0 bridgehead atoms. The minimum Gasteiger partial charge on any atom is -0.543 e. The summed E-state index contributed by atoms with van der Waals surface area (Å²) in [5.74, 6) is -3.89. The van der Waals surface area contributed by atoms with Gasteiger partial charge in [-0.2, -0.15) is 0 Å². The summed E-state index contributed by atoms with van der Waals surface area (Å²) in [5.41, 5.74) is 3.41. The lowest BCUT2D eigenvalue weighted by atomic mass is 10.0. The molecular formula is C30H39N7O9S2. The number of nitrogen functional groups attached to an aromatic ring is 1. The lowest BCUT2D eigenvalue weighted by molar-refractivity contribution is -0.885. The largest absolute Gasteiger partial charge is 0.543 e. The van der Waals surface area contributed by atoms with E-state index in [1.807, 2.05) is 14.1 Å². The number of thioether (sulfide) groups is 1. The molecule has 0 radical (unpaired) electrons. The number of anilines is 1. The van der Waals surface area contributed by atoms with Crippen molar-refractivity contribution in [1.82, 2.24) is 20.2 Å². The molecule has 2 aromatic rings. The van der Waals surface area contributed by atoms with E-state index in [9.17, 15) is 34.2 Å². The Kier molecular flexibility index (Phi) is 10.3. The maximum atomic E-state index is 13.5. The Balaban J connectivity index is 1.50. The van der Waals surface area contributed by atoms with Crippen LogP contribution in [-0.2, 0) is 35.2 Å². The third-order valence-electron chi connectivity index (χ3n) is 7.32. The molecule has 18 heteroatoms. The van der Waals surface area contributed by atoms with E-state index >= 15 is 0 Å². The predicted molar refractivity (Wildman–Crippen MR) is 175 cm³/mol. The van der Waals surface area contributed by atoms with Gasteiger partial charge >= 0.3 is 5.97 Å². The number of H-pyrrole nitrogens is 1. The summed E-state index contributed by atoms with van der Waals surface area (Å²) in [6.07, 6.45) is 1.66. The number of quaternary nitrogens is 1. The van der Waals surface area contributed by atoms with Crippen LogP contribution in [0.4, 0.5) is 5.13 Å². The Hall–Kier alpha value is -4.42. The molecule has 0 spiro atoms. The predicted octanol–water partition coefficient (Wildman–Crippen LogP) is -0.317. The van der Waals surface area contributed by atoms with Crippen LogP contribution in [0.5, 0.6) is 5.75 Å². The minimum absolute atomic E-state index is 0.0453. The third-order valence-corrected chi connectivity index (χ3v) is 9.33. The molecule has 2 aliphatic rings. The number of nitrogens with zero attached hydrogens (tertiary/aromatic N) is 4. The van der Waals surface area contributed by atoms with E-state index in [0.717, 1.165) is 16.2 Å². The number of hydrogen-bond acceptors (Lipinski definition) is 14. The molecule has 0 unspecified atom stereocenters. The Labute approximate surface area is 284 Å². The molecule has 4 rings (SSSR count). The molecule has 1 fully saturated rings. The Bertz CT molecular complexity index is 1740. The van der Waals surface area contributed by atoms with Crippen LogP contribution < -0.4 is 21.6 Å². The number of carboxylic acids is 1. The maximum absolute atomic E-state index is 13.5. The number of ether oxygens (including phenoxy) is 1. The van der Waals surface area contributed by atoms with Crippen molar-refractivity contribution >= 4 is 57.7 Å². The first-order valence-electron chi connectivity index (χ1n) is 14.8. The number of nitrogens with two attached hydrogens (primary N) is 1. The number of carboxylic acid groups (broad SMARTS) is 1. The van der Waals surface area contributed by atoms with Gasteiger partial charge in [-0.15, -0.1) is 23.1 Å². The van der Waals surface area contributed by atoms with Crippen LogP contribution in [0, 0.1) is 0 Å². The summed E-state index contributed by atoms with van der Waals surface area (Å²) < 4.78 is 5.70. The number of carbonyl (C=O) groups excluding carboxylic acids is 4. The number of aromatic nitrogens is 2. The molecule has 1 saturated heterocycles. The highest BCUT2D eigenvalue weighted by molar-refractivity contribution is 8.00. The summed E-state index contributed by atoms with van der Waals surface area (Å²) in [6, 6.07) is 0.204. The van der Waals surface area contributed by atoms with Crippen molar-refractivity contribution in [2.75, 3.05) is 38.7 Å². The van der Waals surface area contributed by atoms with E-state index in [1.54, 1.807) is 20.8 Å². The molecule has 2 atom stereocenters. The molecule has 5 N–H and O–H groups in total. The number of oxime groups is 1. The van der Waals surface area contributed by atoms with Crippen molar-refractivity contribution in [3.05, 3.63) is 50.5 Å². The van der Waals surface area contributed by atoms with Gasteiger partial charge in [0.2, 0.25) is 11.0 Å². The molecule has 2 aliphatic heterocycles. The summed E-state index contributed by atoms with van der Waals surface area (Å²) in [5, 5.41) is 29.2. The van der Waals surface area contributed by atoms with Gasteiger partial charge in [0.05, 0.1) is 32.3 Å². The van der Waals surface area contributed by atoms with Gasteiger partial charge in [0.25, 0.3) is 11.8 Å². The van der Waals surface area contributed by atoms with E-state index in [2.05, 4.69) is 20.4 Å². The SMILES string of the molecule is CC(C)(C)OC(=O)C(C)(C)ON=C(C(=O)N[C@@H]1C(=O)N2C(C(=O)[O-])=C(C[N+](C)(C)CCc3cc(=O)c(O)c[nH]3)CS[C@@H]12)c1csc(N)n1. The van der Waals surface area contributed by atoms with Crippen molar-refractivity contribution in [2.45, 2.75) is 63.7 Å². The lowest BCUT2D eigenvalue weighted by Gasteiger charge is -2.51. The highest BCUT2D eigenvalue weighted by Gasteiger charge is 2.53. The first-order valence-corrected chi connectivity index (χ1v) is 16.7. The van der Waals surface area contributed by atoms with Crippen molar-refractivity contribution in [1.29, 1.82) is 0 Å². The van der Waals surface area contributed by atoms with E-state index in [-0.39, 0.29) is 40.3 Å². The molecule has 260 valence electrons. The number of aromatic amines is 1. The number of hydrogen-bond donors (Lipinski definition) is 4. The van der Waals surface area contributed by atoms with Crippen molar-refractivity contribution in [3.63, 3.8) is 0 Å². The van der Waals surface area contributed by atoms with Gasteiger partial charge in [-0.1, -0.05) is 5.16 Å². The van der Waals surface area contributed by atoms with Gasteiger partial charge in [0, 0.05) is 41.1 Å². The summed E-state index contributed by atoms with van der Waals surface area (Å²) >= 11 is 2.32. The van der Waals surface area contributed by atoms with E-state index in [1.165, 1.54) is 43.3 Å². The molecule has 2 aromatic heterocycles. The second-order valence-electron chi connectivity index (χ2n) is 13.5. The van der Waals surface area contributed by atoms with Crippen LogP contribution in [0.15, 0.2) is 38.9 Å². The maximum Gasteiger partial charge on any atom is 0.353 e. The van der Waals surface area contributed by atoms with Gasteiger partial charge in [-0.3, -0.25) is 19.3 Å². The highest BCUT2D eigenvalue weighted by Crippen LogP contribution is 2.40. The number of likely N-dealkylation sites (N-methyl/N-ethyl adjacent to an activating group) is 1. The van der Waals surface area contributed by atoms with Crippen LogP contribution in [-0.4, -0.2) is 109 Å². The van der Waals surface area contributed by atoms with Crippen LogP contribution >= 0.6 is 23.1 Å². The number of aromatic hydroxyl groups is 1. The summed E-state index contributed by atoms with van der Waals surface area (Å²) in [6.45, 7) is 8.67. The number of β-lactam (4-membered cyclic amide) rings is 1. The number of carbonyl (C=O) groups is 4. The van der Waals surface area contributed by atoms with Crippen LogP contribution in [0.2, 0.25) is 0 Å². The first-order chi connectivity index (χ1) is 22.2. The van der Waals surface area contributed by atoms with Crippen molar-refractivity contribution in [3.8, 4) is 5.75 Å². The number of rotatable bonds is 12. The molecule has 16 nitrogen and oxygen atoms in total. The third kappa shape index (κ3) is 8.35. The smallest absolute Gasteiger partial charge is 0.353 e. The van der Waals surface area contributed by atoms with Crippen LogP contribution in [0.25, 0.3) is 0 Å². The van der Waals surface area contributed by atoms with Crippen LogP contribution in [0.3, 0.4) is 0 Å².